The highest BCUT2D eigenvalue weighted by molar-refractivity contribution is 5.69. The topological polar surface area (TPSA) is 85.4 Å². The molecule has 0 aromatic rings. The molecule has 1 rings (SSSR count). The Balaban J connectivity index is 1.86. The van der Waals surface area contributed by atoms with E-state index in [1.807, 2.05) is 0 Å². The van der Waals surface area contributed by atoms with E-state index in [1.165, 1.54) is 96.3 Å². The van der Waals surface area contributed by atoms with Gasteiger partial charge in [0.05, 0.1) is 12.2 Å². The van der Waals surface area contributed by atoms with Gasteiger partial charge in [0.1, 0.15) is 19.3 Å². The number of allylic oxidation sites excluding steroid dienone is 4. The van der Waals surface area contributed by atoms with Crippen molar-refractivity contribution in [3.05, 3.63) is 36.5 Å². The molecule has 0 spiro atoms. The third kappa shape index (κ3) is 30.2. The highest BCUT2D eigenvalue weighted by atomic mass is 16.6. The summed E-state index contributed by atoms with van der Waals surface area (Å²) < 4.78 is 16.0. The third-order valence-electron chi connectivity index (χ3n) is 8.96. The molecule has 6 heteroatoms. The Morgan fingerprint density at radius 2 is 1.06 bits per heavy atom. The molecule has 3 atom stereocenters. The maximum atomic E-state index is 12.0. The van der Waals surface area contributed by atoms with E-state index >= 15 is 0 Å². The zero-order valence-electron chi connectivity index (χ0n) is 31.4. The van der Waals surface area contributed by atoms with Crippen molar-refractivity contribution in [2.75, 3.05) is 13.2 Å². The molecule has 1 fully saturated rings. The summed E-state index contributed by atoms with van der Waals surface area (Å²) in [6.45, 7) is 6.56. The van der Waals surface area contributed by atoms with Crippen LogP contribution in [-0.2, 0) is 23.8 Å². The molecule has 0 amide bonds. The molecule has 2 unspecified atom stereocenters. The molecular formula is C42H74O6. The standard InChI is InChI=1S/C42H74O6/c1-4-5-6-7-8-14-18-21-26-31-39-40(48-39)32-27-23-24-29-34-42(45)47-36-38(43)35-46-41(44)33-28-22-19-16-13-11-9-10-12-15-17-20-25-30-37(2)3/h8,14,21,23,26-27,37-40,43H,4-7,9-13,15-20,22,24-25,28-36H2,1-3H3/b14-8-,26-21-,27-23-/t38-,39?,40?/m1/s1. The first kappa shape index (κ1) is 44.1. The molecule has 6 nitrogen and oxygen atoms in total. The number of hydrogen-bond donors (Lipinski definition) is 1. The highest BCUT2D eigenvalue weighted by Gasteiger charge is 2.35. The van der Waals surface area contributed by atoms with E-state index in [9.17, 15) is 14.7 Å². The number of carbonyl (C=O) groups is 2. The minimum atomic E-state index is -0.990. The first-order valence-electron chi connectivity index (χ1n) is 20.0. The van der Waals surface area contributed by atoms with Gasteiger partial charge in [-0.3, -0.25) is 9.59 Å². The summed E-state index contributed by atoms with van der Waals surface area (Å²) in [5.74, 6) is 0.209. The molecule has 0 radical (unpaired) electrons. The first-order chi connectivity index (χ1) is 23.4. The molecule has 48 heavy (non-hydrogen) atoms. The number of aliphatic hydroxyl groups is 1. The number of esters is 2. The van der Waals surface area contributed by atoms with Crippen molar-refractivity contribution >= 4 is 11.9 Å². The number of carbonyl (C=O) groups excluding carboxylic acids is 2. The van der Waals surface area contributed by atoms with Crippen molar-refractivity contribution < 1.29 is 28.9 Å². The predicted octanol–water partition coefficient (Wildman–Crippen LogP) is 11.3. The van der Waals surface area contributed by atoms with E-state index in [1.54, 1.807) is 0 Å². The van der Waals surface area contributed by atoms with Crippen LogP contribution < -0.4 is 0 Å². The summed E-state index contributed by atoms with van der Waals surface area (Å²) in [4.78, 5) is 24.0. The Labute approximate surface area is 295 Å². The molecule has 1 N–H and O–H groups in total. The molecule has 1 saturated heterocycles. The van der Waals surface area contributed by atoms with E-state index < -0.39 is 6.10 Å². The Hall–Kier alpha value is -1.92. The van der Waals surface area contributed by atoms with Gasteiger partial charge in [0.15, 0.2) is 0 Å². The number of epoxide rings is 1. The quantitative estimate of drug-likeness (QED) is 0.0316. The molecule has 278 valence electrons. The average molecular weight is 675 g/mol. The van der Waals surface area contributed by atoms with Crippen molar-refractivity contribution in [1.82, 2.24) is 0 Å². The Kier molecular flexibility index (Phi) is 29.7. The van der Waals surface area contributed by atoms with Crippen LogP contribution in [0.15, 0.2) is 36.5 Å². The van der Waals surface area contributed by atoms with Gasteiger partial charge in [-0.05, 0) is 57.3 Å². The van der Waals surface area contributed by atoms with Crippen molar-refractivity contribution in [2.24, 2.45) is 5.92 Å². The van der Waals surface area contributed by atoms with Crippen molar-refractivity contribution in [1.29, 1.82) is 0 Å². The molecule has 0 aliphatic carbocycles. The molecule has 0 saturated carbocycles. The minimum Gasteiger partial charge on any atom is -0.463 e. The summed E-state index contributed by atoms with van der Waals surface area (Å²) in [6, 6.07) is 0. The Bertz CT molecular complexity index is 847. The smallest absolute Gasteiger partial charge is 0.305 e. The lowest BCUT2D eigenvalue weighted by molar-refractivity contribution is -0.152. The monoisotopic (exact) mass is 675 g/mol. The van der Waals surface area contributed by atoms with Gasteiger partial charge < -0.3 is 19.3 Å². The van der Waals surface area contributed by atoms with Crippen LogP contribution in [0, 0.1) is 5.92 Å². The second-order valence-electron chi connectivity index (χ2n) is 14.3. The van der Waals surface area contributed by atoms with Crippen LogP contribution >= 0.6 is 0 Å². The minimum absolute atomic E-state index is 0.136. The molecule has 0 aromatic heterocycles. The molecular weight excluding hydrogens is 600 g/mol. The normalized spacial score (nSPS) is 16.9. The number of ether oxygens (including phenoxy) is 3. The fourth-order valence-electron chi connectivity index (χ4n) is 5.77. The van der Waals surface area contributed by atoms with Gasteiger partial charge in [0, 0.05) is 12.8 Å². The number of hydrogen-bond acceptors (Lipinski definition) is 6. The van der Waals surface area contributed by atoms with Gasteiger partial charge in [-0.1, -0.05) is 154 Å². The van der Waals surface area contributed by atoms with Crippen LogP contribution in [0.5, 0.6) is 0 Å². The zero-order valence-corrected chi connectivity index (χ0v) is 31.4. The zero-order chi connectivity index (χ0) is 34.9. The Morgan fingerprint density at radius 3 is 1.62 bits per heavy atom. The summed E-state index contributed by atoms with van der Waals surface area (Å²) in [5, 5.41) is 10.0. The van der Waals surface area contributed by atoms with E-state index in [-0.39, 0.29) is 25.2 Å². The number of aliphatic hydroxyl groups excluding tert-OH is 1. The lowest BCUT2D eigenvalue weighted by Crippen LogP contribution is -2.25. The largest absolute Gasteiger partial charge is 0.463 e. The number of unbranched alkanes of at least 4 members (excludes halogenated alkanes) is 16. The summed E-state index contributed by atoms with van der Waals surface area (Å²) >= 11 is 0. The van der Waals surface area contributed by atoms with Crippen molar-refractivity contribution in [3.63, 3.8) is 0 Å². The second kappa shape index (κ2) is 32.3. The lowest BCUT2D eigenvalue weighted by atomic mass is 10.0. The van der Waals surface area contributed by atoms with Crippen LogP contribution in [0.3, 0.4) is 0 Å². The van der Waals surface area contributed by atoms with E-state index in [0.29, 0.717) is 31.5 Å². The van der Waals surface area contributed by atoms with E-state index in [0.717, 1.165) is 50.9 Å². The molecule has 0 bridgehead atoms. The van der Waals surface area contributed by atoms with Crippen LogP contribution in [0.2, 0.25) is 0 Å². The van der Waals surface area contributed by atoms with Gasteiger partial charge in [0.2, 0.25) is 0 Å². The highest BCUT2D eigenvalue weighted by Crippen LogP contribution is 2.29. The molecule has 1 aliphatic rings. The average Bonchev–Trinajstić information content (AvgIpc) is 3.82. The van der Waals surface area contributed by atoms with E-state index in [2.05, 4.69) is 57.2 Å². The second-order valence-corrected chi connectivity index (χ2v) is 14.3. The van der Waals surface area contributed by atoms with Gasteiger partial charge in [-0.25, -0.2) is 0 Å². The van der Waals surface area contributed by atoms with Crippen LogP contribution in [0.4, 0.5) is 0 Å². The van der Waals surface area contributed by atoms with E-state index in [4.69, 9.17) is 14.2 Å². The maximum absolute atomic E-state index is 12.0. The molecule has 0 aromatic carbocycles. The summed E-state index contributed by atoms with van der Waals surface area (Å²) in [7, 11) is 0. The Morgan fingerprint density at radius 1 is 0.604 bits per heavy atom. The fraction of sp³-hybridized carbons (Fsp3) is 0.810. The summed E-state index contributed by atoms with van der Waals surface area (Å²) in [5.41, 5.74) is 0. The number of rotatable bonds is 34. The van der Waals surface area contributed by atoms with Crippen LogP contribution in [-0.4, -0.2) is 48.6 Å². The van der Waals surface area contributed by atoms with Gasteiger partial charge in [0.25, 0.3) is 0 Å². The molecule has 1 aliphatic heterocycles. The SMILES string of the molecule is CCCCC/C=C\C/C=C\CC1OC1C/C=C\CCCC(=O)OC[C@H](O)COC(=O)CCCCCCCCCCCCCCCC(C)C. The maximum Gasteiger partial charge on any atom is 0.305 e. The summed E-state index contributed by atoms with van der Waals surface area (Å²) in [6.07, 6.45) is 40.9. The lowest BCUT2D eigenvalue weighted by Gasteiger charge is -2.12. The first-order valence-corrected chi connectivity index (χ1v) is 20.0. The van der Waals surface area contributed by atoms with Crippen molar-refractivity contribution in [3.8, 4) is 0 Å². The van der Waals surface area contributed by atoms with Crippen molar-refractivity contribution in [2.45, 2.75) is 200 Å². The van der Waals surface area contributed by atoms with Gasteiger partial charge in [-0.2, -0.15) is 0 Å². The predicted molar refractivity (Wildman–Crippen MR) is 200 cm³/mol. The van der Waals surface area contributed by atoms with Gasteiger partial charge >= 0.3 is 11.9 Å². The fourth-order valence-corrected chi connectivity index (χ4v) is 5.77. The molecule has 1 heterocycles. The van der Waals surface area contributed by atoms with Crippen LogP contribution in [0.25, 0.3) is 0 Å². The van der Waals surface area contributed by atoms with Crippen LogP contribution in [0.1, 0.15) is 181 Å². The van der Waals surface area contributed by atoms with Gasteiger partial charge in [-0.15, -0.1) is 0 Å². The third-order valence-corrected chi connectivity index (χ3v) is 8.96.